The molecule has 0 aliphatic heterocycles. The molecule has 0 heterocycles. The number of nitrogens with one attached hydrogen (secondary N) is 1. The number of benzene rings is 1. The molecule has 0 saturated heterocycles. The molecule has 0 fully saturated rings. The maximum atomic E-state index is 11.8. The summed E-state index contributed by atoms with van der Waals surface area (Å²) < 4.78 is 8.41. The van der Waals surface area contributed by atoms with E-state index >= 15 is 0 Å². The van der Waals surface area contributed by atoms with Gasteiger partial charge in [0, 0.05) is 5.80 Å². The zero-order chi connectivity index (χ0) is 13.5. The molecule has 1 aromatic carbocycles. The van der Waals surface area contributed by atoms with Gasteiger partial charge in [-0.25, -0.2) is 4.79 Å². The molecule has 0 saturated carbocycles. The van der Waals surface area contributed by atoms with Crippen LogP contribution in [0, 0.1) is 0 Å². The average molecular weight is 348 g/mol. The summed E-state index contributed by atoms with van der Waals surface area (Å²) >= 11 is 2.05. The molecule has 0 aromatic heterocycles. The number of halogens is 1. The summed E-state index contributed by atoms with van der Waals surface area (Å²) in [7, 11) is 0. The lowest BCUT2D eigenvalue weighted by molar-refractivity contribution is -0.141. The number of amides is 1. The van der Waals surface area contributed by atoms with Crippen LogP contribution in [-0.4, -0.2) is 27.5 Å². The van der Waals surface area contributed by atoms with E-state index in [1.807, 2.05) is 0 Å². The molecule has 2 atom stereocenters. The first-order chi connectivity index (χ1) is 8.56. The second-order valence-corrected chi connectivity index (χ2v) is 4.51. The van der Waals surface area contributed by atoms with Gasteiger partial charge in [-0.15, -0.1) is 0 Å². The van der Waals surface area contributed by atoms with Crippen molar-refractivity contribution >= 4 is 34.5 Å². The Morgan fingerprint density at radius 2 is 2.06 bits per heavy atom. The predicted molar refractivity (Wildman–Crippen MR) is 73.2 cm³/mol. The van der Waals surface area contributed by atoms with Crippen LogP contribution in [0.1, 0.15) is 13.4 Å². The first kappa shape index (κ1) is 12.3. The lowest BCUT2D eigenvalue weighted by Gasteiger charge is -2.13. The fraction of sp³-hybridized carbons (Fsp3) is 0.333. The number of hydrogen-bond acceptors (Lipinski definition) is 2. The van der Waals surface area contributed by atoms with Crippen molar-refractivity contribution in [2.45, 2.75) is 18.9 Å². The number of carbonyl (C=O) groups is 2. The molecule has 17 heavy (non-hydrogen) atoms. The highest BCUT2D eigenvalue weighted by Crippen LogP contribution is 2.01. The smallest absolute Gasteiger partial charge is 0.326 e. The van der Waals surface area contributed by atoms with E-state index in [4.69, 9.17) is 6.48 Å². The predicted octanol–water partition coefficient (Wildman–Crippen LogP) is 1.62. The van der Waals surface area contributed by atoms with Crippen molar-refractivity contribution < 1.29 is 16.1 Å². The summed E-state index contributed by atoms with van der Waals surface area (Å²) in [5, 5.41) is 11.3. The summed E-state index contributed by atoms with van der Waals surface area (Å²) in [4.78, 5) is 22.7. The van der Waals surface area contributed by atoms with Crippen LogP contribution in [0.25, 0.3) is 0 Å². The summed E-state index contributed by atoms with van der Waals surface area (Å²) in [6, 6.07) is 7.69. The summed E-state index contributed by atoms with van der Waals surface area (Å²) in [6.07, 6.45) is -0.745. The Balaban J connectivity index is 2.67. The maximum absolute atomic E-state index is 11.8. The fourth-order valence-corrected chi connectivity index (χ4v) is 1.90. The molecule has 4 nitrogen and oxygen atoms in total. The summed E-state index contributed by atoms with van der Waals surface area (Å²) in [6.45, 7) is 0. The SMILES string of the molecule is [2H]C(C(=O)NC(CCI)C(=O)O)c1ccccc1. The molecule has 2 unspecified atom stereocenters. The van der Waals surface area contributed by atoms with Crippen LogP contribution in [0.5, 0.6) is 0 Å². The number of carbonyl (C=O) groups excluding carboxylic acids is 1. The van der Waals surface area contributed by atoms with Crippen molar-refractivity contribution in [2.24, 2.45) is 0 Å². The largest absolute Gasteiger partial charge is 0.480 e. The average Bonchev–Trinajstić information content (AvgIpc) is 2.38. The van der Waals surface area contributed by atoms with E-state index in [0.29, 0.717) is 16.4 Å². The van der Waals surface area contributed by atoms with Crippen LogP contribution in [0.4, 0.5) is 0 Å². The minimum absolute atomic E-state index is 0.350. The van der Waals surface area contributed by atoms with Gasteiger partial charge in [0.25, 0.3) is 0 Å². The highest BCUT2D eigenvalue weighted by atomic mass is 127. The van der Waals surface area contributed by atoms with Gasteiger partial charge in [0.2, 0.25) is 5.91 Å². The Labute approximate surface area is 115 Å². The van der Waals surface area contributed by atoms with Gasteiger partial charge < -0.3 is 10.4 Å². The van der Waals surface area contributed by atoms with Gasteiger partial charge in [-0.05, 0) is 12.0 Å². The zero-order valence-corrected chi connectivity index (χ0v) is 11.3. The minimum Gasteiger partial charge on any atom is -0.480 e. The third-order valence-corrected chi connectivity index (χ3v) is 2.73. The number of hydrogen-bond donors (Lipinski definition) is 2. The lowest BCUT2D eigenvalue weighted by Crippen LogP contribution is -2.41. The molecule has 1 aromatic rings. The second-order valence-electron chi connectivity index (χ2n) is 3.43. The number of aliphatic carboxylic acids is 1. The number of alkyl halides is 1. The van der Waals surface area contributed by atoms with Crippen LogP contribution in [0.15, 0.2) is 30.3 Å². The molecular weight excluding hydrogens is 333 g/mol. The monoisotopic (exact) mass is 348 g/mol. The normalized spacial score (nSPS) is 14.5. The van der Waals surface area contributed by atoms with Gasteiger partial charge in [0.15, 0.2) is 0 Å². The molecule has 0 aliphatic rings. The van der Waals surface area contributed by atoms with E-state index in [1.54, 1.807) is 30.3 Å². The topological polar surface area (TPSA) is 66.4 Å². The van der Waals surface area contributed by atoms with Gasteiger partial charge in [-0.1, -0.05) is 52.9 Å². The first-order valence-electron chi connectivity index (χ1n) is 5.70. The van der Waals surface area contributed by atoms with Gasteiger partial charge in [-0.2, -0.15) is 0 Å². The molecule has 5 heteroatoms. The van der Waals surface area contributed by atoms with Crippen LogP contribution in [-0.2, 0) is 16.0 Å². The molecule has 0 aliphatic carbocycles. The van der Waals surface area contributed by atoms with Crippen LogP contribution in [0.3, 0.4) is 0 Å². The van der Waals surface area contributed by atoms with Crippen molar-refractivity contribution in [3.05, 3.63) is 35.9 Å². The van der Waals surface area contributed by atoms with Crippen molar-refractivity contribution in [1.82, 2.24) is 5.32 Å². The molecule has 0 bridgehead atoms. The number of rotatable bonds is 6. The van der Waals surface area contributed by atoms with E-state index in [-0.39, 0.29) is 0 Å². The second kappa shape index (κ2) is 7.26. The van der Waals surface area contributed by atoms with Crippen molar-refractivity contribution in [1.29, 1.82) is 0 Å². The Kier molecular flexibility index (Phi) is 5.28. The molecule has 92 valence electrons. The van der Waals surface area contributed by atoms with E-state index in [1.165, 1.54) is 0 Å². The van der Waals surface area contributed by atoms with E-state index < -0.39 is 24.3 Å². The first-order valence-corrected chi connectivity index (χ1v) is 6.65. The molecular formula is C12H14INO3. The van der Waals surface area contributed by atoms with E-state index in [0.717, 1.165) is 0 Å². The highest BCUT2D eigenvalue weighted by molar-refractivity contribution is 14.1. The van der Waals surface area contributed by atoms with Gasteiger partial charge in [0.05, 0.1) is 6.40 Å². The molecule has 1 amide bonds. The Bertz CT molecular complexity index is 413. The van der Waals surface area contributed by atoms with Crippen LogP contribution >= 0.6 is 22.6 Å². The van der Waals surface area contributed by atoms with Crippen molar-refractivity contribution in [3.8, 4) is 0 Å². The van der Waals surface area contributed by atoms with Gasteiger partial charge in [-0.3, -0.25) is 4.79 Å². The summed E-state index contributed by atoms with van der Waals surface area (Å²) in [5.74, 6) is -1.65. The van der Waals surface area contributed by atoms with Crippen molar-refractivity contribution in [2.75, 3.05) is 4.43 Å². The Morgan fingerprint density at radius 3 is 2.59 bits per heavy atom. The van der Waals surface area contributed by atoms with Crippen LogP contribution in [0.2, 0.25) is 0 Å². The fourth-order valence-electron chi connectivity index (χ4n) is 1.28. The molecule has 2 N–H and O–H groups in total. The Morgan fingerprint density at radius 1 is 1.41 bits per heavy atom. The third-order valence-electron chi connectivity index (χ3n) is 2.11. The highest BCUT2D eigenvalue weighted by Gasteiger charge is 2.18. The minimum atomic E-state index is -1.10. The molecule has 0 spiro atoms. The Hall–Kier alpha value is -1.11. The quantitative estimate of drug-likeness (QED) is 0.607. The molecule has 1 rings (SSSR count). The van der Waals surface area contributed by atoms with E-state index in [9.17, 15) is 9.59 Å². The molecule has 0 radical (unpaired) electrons. The summed E-state index contributed by atoms with van der Waals surface area (Å²) in [5.41, 5.74) is 0.550. The maximum Gasteiger partial charge on any atom is 0.326 e. The number of carboxylic acids is 1. The van der Waals surface area contributed by atoms with Gasteiger partial charge in [0.1, 0.15) is 6.04 Å². The van der Waals surface area contributed by atoms with Crippen molar-refractivity contribution in [3.63, 3.8) is 0 Å². The zero-order valence-electron chi connectivity index (χ0n) is 10.1. The lowest BCUT2D eigenvalue weighted by atomic mass is 10.1. The third kappa shape index (κ3) is 5.16. The number of carboxylic acid groups (broad SMARTS) is 1. The van der Waals surface area contributed by atoms with Crippen LogP contribution < -0.4 is 5.32 Å². The standard InChI is InChI=1S/C12H14INO3/c13-7-6-10(12(16)17)14-11(15)8-9-4-2-1-3-5-9/h1-5,10H,6-8H2,(H,14,15)(H,16,17)/i8D. The van der Waals surface area contributed by atoms with E-state index in [2.05, 4.69) is 27.9 Å². The van der Waals surface area contributed by atoms with Gasteiger partial charge >= 0.3 is 5.97 Å².